The molecule has 1 atom stereocenters. The fourth-order valence-corrected chi connectivity index (χ4v) is 2.41. The molecule has 3 rings (SSSR count). The Hall–Kier alpha value is -1.96. The van der Waals surface area contributed by atoms with Crippen molar-refractivity contribution in [2.45, 2.75) is 24.9 Å². The highest BCUT2D eigenvalue weighted by Crippen LogP contribution is 2.12. The summed E-state index contributed by atoms with van der Waals surface area (Å²) in [5.41, 5.74) is 0.330. The average molecular weight is 278 g/mol. The Balaban J connectivity index is 1.58. The summed E-state index contributed by atoms with van der Waals surface area (Å²) in [7, 11) is 1.75. The number of likely N-dealkylation sites (tertiary alicyclic amines) is 1. The van der Waals surface area contributed by atoms with Gasteiger partial charge >= 0.3 is 0 Å². The molecule has 0 spiro atoms. The second kappa shape index (κ2) is 5.20. The second-order valence-corrected chi connectivity index (χ2v) is 5.38. The zero-order chi connectivity index (χ0) is 14.1. The van der Waals surface area contributed by atoms with Gasteiger partial charge in [-0.1, -0.05) is 5.21 Å². The van der Waals surface area contributed by atoms with Gasteiger partial charge in [-0.3, -0.25) is 9.59 Å². The van der Waals surface area contributed by atoms with Gasteiger partial charge in [0.15, 0.2) is 5.69 Å². The molecule has 2 saturated heterocycles. The lowest BCUT2D eigenvalue weighted by Gasteiger charge is -2.29. The molecular weight excluding hydrogens is 260 g/mol. The number of carbonyl (C=O) groups is 2. The summed E-state index contributed by atoms with van der Waals surface area (Å²) in [5.74, 6) is -0.102. The van der Waals surface area contributed by atoms with Crippen LogP contribution >= 0.6 is 0 Å². The van der Waals surface area contributed by atoms with Crippen LogP contribution in [0.3, 0.4) is 0 Å². The summed E-state index contributed by atoms with van der Waals surface area (Å²) in [6.07, 6.45) is 2.83. The number of nitrogens with zero attached hydrogens (tertiary/aromatic N) is 4. The van der Waals surface area contributed by atoms with E-state index in [-0.39, 0.29) is 17.9 Å². The molecule has 0 aliphatic carbocycles. The standard InChI is InChI=1S/C12H18N6O2/c1-17-6-8(2-3-11(17)19)14-12(20)10-7-18(16-15-10)9-4-13-5-9/h7-9,13H,2-6H2,1H3,(H,14,20). The summed E-state index contributed by atoms with van der Waals surface area (Å²) >= 11 is 0. The SMILES string of the molecule is CN1CC(NC(=O)c2cn(C3CNC3)nn2)CCC1=O. The lowest BCUT2D eigenvalue weighted by Crippen LogP contribution is -2.48. The van der Waals surface area contributed by atoms with Crippen LogP contribution in [0.25, 0.3) is 0 Å². The third-order valence-corrected chi connectivity index (χ3v) is 3.84. The van der Waals surface area contributed by atoms with Gasteiger partial charge in [0, 0.05) is 39.1 Å². The molecule has 2 aliphatic heterocycles. The fraction of sp³-hybridized carbons (Fsp3) is 0.667. The van der Waals surface area contributed by atoms with Crippen molar-refractivity contribution in [3.05, 3.63) is 11.9 Å². The quantitative estimate of drug-likeness (QED) is 0.722. The first-order chi connectivity index (χ1) is 9.63. The number of likely N-dealkylation sites (N-methyl/N-ethyl adjacent to an activating group) is 1. The molecule has 1 unspecified atom stereocenters. The Kier molecular flexibility index (Phi) is 3.39. The average Bonchev–Trinajstić information content (AvgIpc) is 2.81. The number of hydrogen-bond donors (Lipinski definition) is 2. The predicted molar refractivity (Wildman–Crippen MR) is 70.1 cm³/mol. The van der Waals surface area contributed by atoms with E-state index in [2.05, 4.69) is 20.9 Å². The van der Waals surface area contributed by atoms with Crippen molar-refractivity contribution in [3.8, 4) is 0 Å². The van der Waals surface area contributed by atoms with Crippen LogP contribution in [0.2, 0.25) is 0 Å². The molecule has 108 valence electrons. The number of aromatic nitrogens is 3. The van der Waals surface area contributed by atoms with Gasteiger partial charge in [-0.05, 0) is 6.42 Å². The Morgan fingerprint density at radius 2 is 2.30 bits per heavy atom. The molecule has 0 bridgehead atoms. The first-order valence-corrected chi connectivity index (χ1v) is 6.81. The van der Waals surface area contributed by atoms with E-state index < -0.39 is 0 Å². The molecule has 8 heteroatoms. The molecule has 2 aliphatic rings. The highest BCUT2D eigenvalue weighted by Gasteiger charge is 2.26. The van der Waals surface area contributed by atoms with E-state index in [1.807, 2.05) is 0 Å². The first-order valence-electron chi connectivity index (χ1n) is 6.81. The zero-order valence-corrected chi connectivity index (χ0v) is 11.4. The van der Waals surface area contributed by atoms with E-state index in [1.165, 1.54) is 0 Å². The molecule has 0 saturated carbocycles. The summed E-state index contributed by atoms with van der Waals surface area (Å²) in [6, 6.07) is 0.281. The van der Waals surface area contributed by atoms with Crippen LogP contribution in [0.5, 0.6) is 0 Å². The topological polar surface area (TPSA) is 92.2 Å². The predicted octanol–water partition coefficient (Wildman–Crippen LogP) is -1.23. The van der Waals surface area contributed by atoms with E-state index in [0.717, 1.165) is 13.1 Å². The number of piperidine rings is 1. The number of carbonyl (C=O) groups excluding carboxylic acids is 2. The van der Waals surface area contributed by atoms with Crippen LogP contribution in [0.1, 0.15) is 29.4 Å². The second-order valence-electron chi connectivity index (χ2n) is 5.38. The van der Waals surface area contributed by atoms with Gasteiger partial charge in [-0.2, -0.15) is 0 Å². The zero-order valence-electron chi connectivity index (χ0n) is 11.4. The van der Waals surface area contributed by atoms with E-state index in [1.54, 1.807) is 22.8 Å². The lowest BCUT2D eigenvalue weighted by molar-refractivity contribution is -0.132. The van der Waals surface area contributed by atoms with Gasteiger partial charge in [0.25, 0.3) is 5.91 Å². The molecule has 2 N–H and O–H groups in total. The summed E-state index contributed by atoms with van der Waals surface area (Å²) in [6.45, 7) is 2.27. The summed E-state index contributed by atoms with van der Waals surface area (Å²) in [4.78, 5) is 25.1. The van der Waals surface area contributed by atoms with Gasteiger partial charge in [-0.15, -0.1) is 5.10 Å². The monoisotopic (exact) mass is 278 g/mol. The summed E-state index contributed by atoms with van der Waals surface area (Å²) in [5, 5.41) is 13.9. The van der Waals surface area contributed by atoms with Gasteiger partial charge < -0.3 is 15.5 Å². The smallest absolute Gasteiger partial charge is 0.273 e. The summed E-state index contributed by atoms with van der Waals surface area (Å²) < 4.78 is 1.72. The first kappa shape index (κ1) is 13.0. The Morgan fingerprint density at radius 3 is 2.95 bits per heavy atom. The third-order valence-electron chi connectivity index (χ3n) is 3.84. The van der Waals surface area contributed by atoms with Crippen molar-refractivity contribution in [3.63, 3.8) is 0 Å². The van der Waals surface area contributed by atoms with Crippen LogP contribution < -0.4 is 10.6 Å². The molecule has 20 heavy (non-hydrogen) atoms. The van der Waals surface area contributed by atoms with E-state index >= 15 is 0 Å². The third kappa shape index (κ3) is 2.51. The van der Waals surface area contributed by atoms with Crippen LogP contribution in [-0.4, -0.2) is 64.4 Å². The Morgan fingerprint density at radius 1 is 1.50 bits per heavy atom. The van der Waals surface area contributed by atoms with Crippen molar-refractivity contribution in [1.82, 2.24) is 30.5 Å². The van der Waals surface area contributed by atoms with E-state index in [0.29, 0.717) is 31.1 Å². The fourth-order valence-electron chi connectivity index (χ4n) is 2.41. The van der Waals surface area contributed by atoms with Gasteiger partial charge in [0.1, 0.15) is 0 Å². The molecule has 0 radical (unpaired) electrons. The van der Waals surface area contributed by atoms with Crippen LogP contribution in [-0.2, 0) is 4.79 Å². The number of rotatable bonds is 3. The molecule has 2 fully saturated rings. The maximum atomic E-state index is 12.1. The normalized spacial score (nSPS) is 23.6. The molecule has 8 nitrogen and oxygen atoms in total. The van der Waals surface area contributed by atoms with Crippen molar-refractivity contribution in [2.75, 3.05) is 26.7 Å². The van der Waals surface area contributed by atoms with Crippen molar-refractivity contribution in [1.29, 1.82) is 0 Å². The van der Waals surface area contributed by atoms with E-state index in [9.17, 15) is 9.59 Å². The van der Waals surface area contributed by atoms with Crippen LogP contribution in [0, 0.1) is 0 Å². The largest absolute Gasteiger partial charge is 0.346 e. The molecule has 0 aromatic carbocycles. The Labute approximate surface area is 116 Å². The van der Waals surface area contributed by atoms with Crippen molar-refractivity contribution >= 4 is 11.8 Å². The van der Waals surface area contributed by atoms with E-state index in [4.69, 9.17) is 0 Å². The highest BCUT2D eigenvalue weighted by atomic mass is 16.2. The number of hydrogen-bond acceptors (Lipinski definition) is 5. The minimum Gasteiger partial charge on any atom is -0.346 e. The van der Waals surface area contributed by atoms with Crippen molar-refractivity contribution in [2.24, 2.45) is 0 Å². The Bertz CT molecular complexity index is 524. The molecule has 2 amide bonds. The van der Waals surface area contributed by atoms with Gasteiger partial charge in [-0.25, -0.2) is 4.68 Å². The van der Waals surface area contributed by atoms with Crippen LogP contribution in [0.4, 0.5) is 0 Å². The maximum Gasteiger partial charge on any atom is 0.273 e. The van der Waals surface area contributed by atoms with Gasteiger partial charge in [0.2, 0.25) is 5.91 Å². The molecule has 3 heterocycles. The van der Waals surface area contributed by atoms with Crippen molar-refractivity contribution < 1.29 is 9.59 Å². The minimum absolute atomic E-state index is 0.0132. The minimum atomic E-state index is -0.226. The molecule has 1 aromatic heterocycles. The van der Waals surface area contributed by atoms with Gasteiger partial charge in [0.05, 0.1) is 12.2 Å². The number of nitrogens with one attached hydrogen (secondary N) is 2. The van der Waals surface area contributed by atoms with Crippen LogP contribution in [0.15, 0.2) is 6.20 Å². The lowest BCUT2D eigenvalue weighted by atomic mass is 10.1. The highest BCUT2D eigenvalue weighted by molar-refractivity contribution is 5.92. The molecular formula is C12H18N6O2. The maximum absolute atomic E-state index is 12.1. The number of amides is 2. The molecule has 1 aromatic rings.